The summed E-state index contributed by atoms with van der Waals surface area (Å²) in [6, 6.07) is 12.7. The third kappa shape index (κ3) is 3.09. The van der Waals surface area contributed by atoms with E-state index < -0.39 is 17.7 Å². The minimum absolute atomic E-state index is 0.00487. The molecule has 2 aromatic carbocycles. The molecule has 1 aliphatic carbocycles. The molecule has 5 rings (SSSR count). The van der Waals surface area contributed by atoms with Gasteiger partial charge < -0.3 is 24.6 Å². The monoisotopic (exact) mass is 410 g/mol. The summed E-state index contributed by atoms with van der Waals surface area (Å²) in [5, 5.41) is 13.2. The summed E-state index contributed by atoms with van der Waals surface area (Å²) in [5.74, 6) is 1.05. The first-order valence-corrected chi connectivity index (χ1v) is 9.94. The van der Waals surface area contributed by atoms with Crippen molar-refractivity contribution >= 4 is 11.9 Å². The maximum absolute atomic E-state index is 13.1. The topological polar surface area (TPSA) is 97.3 Å². The van der Waals surface area contributed by atoms with E-state index in [9.17, 15) is 14.7 Å². The quantitative estimate of drug-likeness (QED) is 0.704. The highest BCUT2D eigenvalue weighted by Gasteiger charge is 2.55. The number of urea groups is 1. The number of hydrogen-bond acceptors (Lipinski definition) is 6. The van der Waals surface area contributed by atoms with Gasteiger partial charge in [0.15, 0.2) is 11.5 Å². The minimum atomic E-state index is -1.01. The van der Waals surface area contributed by atoms with Gasteiger partial charge in [0, 0.05) is 0 Å². The first-order chi connectivity index (χ1) is 14.6. The van der Waals surface area contributed by atoms with Gasteiger partial charge in [0.25, 0.3) is 5.91 Å². The van der Waals surface area contributed by atoms with Crippen LogP contribution in [0.5, 0.6) is 11.5 Å². The fraction of sp³-hybridized carbons (Fsp3) is 0.364. The van der Waals surface area contributed by atoms with Crippen LogP contribution in [0.15, 0.2) is 42.5 Å². The zero-order chi connectivity index (χ0) is 20.7. The Morgan fingerprint density at radius 1 is 1.17 bits per heavy atom. The van der Waals surface area contributed by atoms with Gasteiger partial charge in [-0.2, -0.15) is 0 Å². The van der Waals surface area contributed by atoms with Gasteiger partial charge in [0.05, 0.1) is 25.9 Å². The van der Waals surface area contributed by atoms with Crippen LogP contribution in [0.2, 0.25) is 0 Å². The maximum atomic E-state index is 13.1. The van der Waals surface area contributed by atoms with E-state index in [1.54, 1.807) is 0 Å². The van der Waals surface area contributed by atoms with E-state index in [1.165, 1.54) is 0 Å². The molecule has 2 N–H and O–H groups in total. The number of carbonyl (C=O) groups is 2. The van der Waals surface area contributed by atoms with Gasteiger partial charge in [-0.05, 0) is 41.7 Å². The molecule has 156 valence electrons. The molecule has 3 aliphatic rings. The van der Waals surface area contributed by atoms with Gasteiger partial charge in [-0.3, -0.25) is 9.69 Å². The van der Waals surface area contributed by atoms with Gasteiger partial charge >= 0.3 is 6.03 Å². The third-order valence-corrected chi connectivity index (χ3v) is 5.83. The van der Waals surface area contributed by atoms with Gasteiger partial charge in [-0.1, -0.05) is 30.3 Å². The highest BCUT2D eigenvalue weighted by Crippen LogP contribution is 2.41. The number of carbonyl (C=O) groups excluding carboxylic acids is 2. The molecule has 2 atom stereocenters. The van der Waals surface area contributed by atoms with E-state index in [0.717, 1.165) is 28.0 Å². The molecule has 0 aromatic heterocycles. The number of imide groups is 1. The molecule has 0 bridgehead atoms. The molecule has 8 heteroatoms. The fourth-order valence-electron chi connectivity index (χ4n) is 4.36. The Morgan fingerprint density at radius 3 is 2.90 bits per heavy atom. The van der Waals surface area contributed by atoms with Crippen LogP contribution < -0.4 is 14.8 Å². The predicted molar refractivity (Wildman–Crippen MR) is 105 cm³/mol. The summed E-state index contributed by atoms with van der Waals surface area (Å²) in [7, 11) is 0. The van der Waals surface area contributed by atoms with Crippen molar-refractivity contribution in [2.75, 3.05) is 19.9 Å². The SMILES string of the molecule is O=C1N[C@@]2(CCc3ccccc32)C(=O)N1C[C@@H](O)COCc1ccc2c(c1)OCO2. The number of amides is 3. The van der Waals surface area contributed by atoms with Crippen LogP contribution in [0.4, 0.5) is 4.79 Å². The van der Waals surface area contributed by atoms with Crippen LogP contribution in [-0.4, -0.2) is 48.0 Å². The summed E-state index contributed by atoms with van der Waals surface area (Å²) >= 11 is 0. The molecular weight excluding hydrogens is 388 g/mol. The molecule has 0 unspecified atom stereocenters. The number of ether oxygens (including phenoxy) is 3. The molecule has 2 aliphatic heterocycles. The number of aliphatic hydroxyl groups excluding tert-OH is 1. The van der Waals surface area contributed by atoms with Crippen molar-refractivity contribution in [3.63, 3.8) is 0 Å². The normalized spacial score (nSPS) is 22.5. The Morgan fingerprint density at radius 2 is 2.00 bits per heavy atom. The number of nitrogens with one attached hydrogen (secondary N) is 1. The van der Waals surface area contributed by atoms with Gasteiger partial charge in [0.1, 0.15) is 5.54 Å². The number of hydrogen-bond donors (Lipinski definition) is 2. The standard InChI is InChI=1S/C22H22N2O6/c25-16(12-28-11-14-5-6-18-19(9-14)30-13-29-18)10-24-20(26)22(23-21(24)27)8-7-15-3-1-2-4-17(15)22/h1-6,9,16,25H,7-8,10-13H2,(H,23,27)/t16-,22-/m1/s1. The number of benzene rings is 2. The van der Waals surface area contributed by atoms with E-state index in [2.05, 4.69) is 5.32 Å². The van der Waals surface area contributed by atoms with Gasteiger partial charge in [0.2, 0.25) is 6.79 Å². The van der Waals surface area contributed by atoms with E-state index in [4.69, 9.17) is 14.2 Å². The van der Waals surface area contributed by atoms with Crippen LogP contribution >= 0.6 is 0 Å². The Kier molecular flexibility index (Phi) is 4.60. The van der Waals surface area contributed by atoms with Crippen molar-refractivity contribution < 1.29 is 28.9 Å². The molecule has 30 heavy (non-hydrogen) atoms. The van der Waals surface area contributed by atoms with Crippen molar-refractivity contribution in [3.05, 3.63) is 59.2 Å². The smallest absolute Gasteiger partial charge is 0.325 e. The Labute approximate surface area is 173 Å². The second-order valence-corrected chi connectivity index (χ2v) is 7.76. The van der Waals surface area contributed by atoms with Gasteiger partial charge in [-0.25, -0.2) is 4.79 Å². The van der Waals surface area contributed by atoms with Crippen LogP contribution in [0, 0.1) is 0 Å². The van der Waals surface area contributed by atoms with Crippen molar-refractivity contribution in [1.29, 1.82) is 0 Å². The molecule has 2 heterocycles. The highest BCUT2D eigenvalue weighted by atomic mass is 16.7. The minimum Gasteiger partial charge on any atom is -0.454 e. The summed E-state index contributed by atoms with van der Waals surface area (Å²) in [5.41, 5.74) is 1.78. The molecule has 2 aromatic rings. The predicted octanol–water partition coefficient (Wildman–Crippen LogP) is 1.69. The molecule has 0 radical (unpaired) electrons. The first kappa shape index (κ1) is 18.9. The number of β-amino-alcohol motifs (C(OH)–C–C–N with tert-alkyl or cyclic N) is 1. The zero-order valence-electron chi connectivity index (χ0n) is 16.3. The average molecular weight is 410 g/mol. The molecule has 1 spiro atoms. The molecule has 0 saturated carbocycles. The van der Waals surface area contributed by atoms with Gasteiger partial charge in [-0.15, -0.1) is 0 Å². The van der Waals surface area contributed by atoms with E-state index >= 15 is 0 Å². The molecule has 1 fully saturated rings. The molecular formula is C22H22N2O6. The average Bonchev–Trinajstić information content (AvgIpc) is 3.42. The Balaban J connectivity index is 1.19. The van der Waals surface area contributed by atoms with Crippen molar-refractivity contribution in [2.45, 2.75) is 31.1 Å². The summed E-state index contributed by atoms with van der Waals surface area (Å²) in [6.45, 7) is 0.353. The Hall–Kier alpha value is -3.10. The van der Waals surface area contributed by atoms with Crippen molar-refractivity contribution in [1.82, 2.24) is 10.2 Å². The summed E-state index contributed by atoms with van der Waals surface area (Å²) in [4.78, 5) is 26.7. The molecule has 8 nitrogen and oxygen atoms in total. The lowest BCUT2D eigenvalue weighted by Crippen LogP contribution is -2.43. The van der Waals surface area contributed by atoms with E-state index in [0.29, 0.717) is 17.9 Å². The Bertz CT molecular complexity index is 1010. The second kappa shape index (κ2) is 7.30. The lowest BCUT2D eigenvalue weighted by molar-refractivity contribution is -0.133. The highest BCUT2D eigenvalue weighted by molar-refractivity contribution is 6.08. The lowest BCUT2D eigenvalue weighted by Gasteiger charge is -2.23. The number of nitrogens with zero attached hydrogens (tertiary/aromatic N) is 1. The van der Waals surface area contributed by atoms with Crippen LogP contribution in [0.25, 0.3) is 0 Å². The molecule has 3 amide bonds. The molecule has 1 saturated heterocycles. The maximum Gasteiger partial charge on any atom is 0.325 e. The van der Waals surface area contributed by atoms with Crippen molar-refractivity contribution in [3.8, 4) is 11.5 Å². The van der Waals surface area contributed by atoms with E-state index in [-0.39, 0.29) is 32.5 Å². The number of rotatable bonds is 6. The van der Waals surface area contributed by atoms with Crippen molar-refractivity contribution in [2.24, 2.45) is 0 Å². The second-order valence-electron chi connectivity index (χ2n) is 7.76. The van der Waals surface area contributed by atoms with E-state index in [1.807, 2.05) is 42.5 Å². The largest absolute Gasteiger partial charge is 0.454 e. The zero-order valence-corrected chi connectivity index (χ0v) is 16.3. The summed E-state index contributed by atoms with van der Waals surface area (Å²) in [6.07, 6.45) is 0.280. The van der Waals surface area contributed by atoms with Crippen LogP contribution in [0.3, 0.4) is 0 Å². The lowest BCUT2D eigenvalue weighted by atomic mass is 9.92. The third-order valence-electron chi connectivity index (χ3n) is 5.83. The fourth-order valence-corrected chi connectivity index (χ4v) is 4.36. The number of fused-ring (bicyclic) bond motifs is 3. The number of aliphatic hydroxyl groups is 1. The first-order valence-electron chi connectivity index (χ1n) is 9.94. The number of aryl methyl sites for hydroxylation is 1. The summed E-state index contributed by atoms with van der Waals surface area (Å²) < 4.78 is 16.2. The van der Waals surface area contributed by atoms with Crippen LogP contribution in [0.1, 0.15) is 23.1 Å². The van der Waals surface area contributed by atoms with Crippen LogP contribution in [-0.2, 0) is 28.1 Å².